The molecule has 3 aromatic rings. The fourth-order valence-corrected chi connectivity index (χ4v) is 2.03. The molecule has 5 nitrogen and oxygen atoms in total. The van der Waals surface area contributed by atoms with E-state index in [1.54, 1.807) is 24.3 Å². The van der Waals surface area contributed by atoms with Crippen molar-refractivity contribution < 1.29 is 4.39 Å². The third kappa shape index (κ3) is 2.10. The second-order valence-corrected chi connectivity index (χ2v) is 4.51. The molecule has 0 aliphatic heterocycles. The maximum Gasteiger partial charge on any atom is 0.187 e. The lowest BCUT2D eigenvalue weighted by Gasteiger charge is -2.07. The molecule has 0 spiro atoms. The van der Waals surface area contributed by atoms with E-state index in [2.05, 4.69) is 15.5 Å². The Morgan fingerprint density at radius 1 is 1.15 bits per heavy atom. The van der Waals surface area contributed by atoms with Crippen molar-refractivity contribution in [3.05, 3.63) is 53.3 Å². The molecular weight excluding hydrogens is 281 g/mol. The first-order valence-corrected chi connectivity index (χ1v) is 6.13. The van der Waals surface area contributed by atoms with E-state index in [-0.39, 0.29) is 5.69 Å². The largest absolute Gasteiger partial charge is 0.396 e. The predicted octanol–water partition coefficient (Wildman–Crippen LogP) is 2.70. The summed E-state index contributed by atoms with van der Waals surface area (Å²) >= 11 is 6.12. The lowest BCUT2D eigenvalue weighted by atomic mass is 10.2. The number of nitrogens with two attached hydrogens (primary N) is 1. The van der Waals surface area contributed by atoms with Crippen molar-refractivity contribution >= 4 is 17.3 Å². The van der Waals surface area contributed by atoms with Crippen LogP contribution in [0.2, 0.25) is 5.02 Å². The van der Waals surface area contributed by atoms with Gasteiger partial charge >= 0.3 is 0 Å². The fourth-order valence-electron chi connectivity index (χ4n) is 1.82. The lowest BCUT2D eigenvalue weighted by Crippen LogP contribution is -2.01. The number of anilines is 1. The molecule has 0 amide bonds. The minimum absolute atomic E-state index is 0.0746. The van der Waals surface area contributed by atoms with Gasteiger partial charge in [-0.3, -0.25) is 0 Å². The van der Waals surface area contributed by atoms with Crippen molar-refractivity contribution in [1.29, 1.82) is 0 Å². The van der Waals surface area contributed by atoms with E-state index in [0.29, 0.717) is 22.1 Å². The van der Waals surface area contributed by atoms with Crippen LogP contribution in [-0.2, 0) is 0 Å². The molecule has 100 valence electrons. The molecule has 3 rings (SSSR count). The van der Waals surface area contributed by atoms with Gasteiger partial charge in [0.1, 0.15) is 5.82 Å². The Kier molecular flexibility index (Phi) is 3.08. The first kappa shape index (κ1) is 12.6. The van der Waals surface area contributed by atoms with Gasteiger partial charge in [0, 0.05) is 5.56 Å². The molecule has 0 aliphatic carbocycles. The fraction of sp³-hybridized carbons (Fsp3) is 0. The smallest absolute Gasteiger partial charge is 0.187 e. The first-order chi connectivity index (χ1) is 9.66. The summed E-state index contributed by atoms with van der Waals surface area (Å²) in [5.41, 5.74) is 6.67. The molecule has 2 N–H and O–H groups in total. The van der Waals surface area contributed by atoms with Crippen LogP contribution >= 0.6 is 11.6 Å². The number of benzene rings is 2. The molecule has 7 heteroatoms. The van der Waals surface area contributed by atoms with E-state index >= 15 is 0 Å². The molecule has 0 radical (unpaired) electrons. The molecule has 2 aromatic carbocycles. The third-order valence-electron chi connectivity index (χ3n) is 2.81. The number of hydrogen-bond donors (Lipinski definition) is 1. The van der Waals surface area contributed by atoms with E-state index in [4.69, 9.17) is 17.3 Å². The molecule has 1 aromatic heterocycles. The average molecular weight is 290 g/mol. The first-order valence-electron chi connectivity index (χ1n) is 5.75. The Bertz CT molecular complexity index is 771. The molecular formula is C13H9ClFN5. The number of nitrogens with zero attached hydrogens (tertiary/aromatic N) is 4. The molecule has 20 heavy (non-hydrogen) atoms. The van der Waals surface area contributed by atoms with Crippen LogP contribution in [0, 0.1) is 5.82 Å². The summed E-state index contributed by atoms with van der Waals surface area (Å²) in [5, 5.41) is 11.9. The highest BCUT2D eigenvalue weighted by atomic mass is 35.5. The van der Waals surface area contributed by atoms with Crippen molar-refractivity contribution in [2.24, 2.45) is 0 Å². The van der Waals surface area contributed by atoms with E-state index in [1.165, 1.54) is 16.8 Å². The molecule has 0 atom stereocenters. The second kappa shape index (κ2) is 4.90. The zero-order valence-corrected chi connectivity index (χ0v) is 10.9. The van der Waals surface area contributed by atoms with Gasteiger partial charge in [0.15, 0.2) is 5.82 Å². The monoisotopic (exact) mass is 289 g/mol. The van der Waals surface area contributed by atoms with Crippen molar-refractivity contribution in [2.45, 2.75) is 0 Å². The quantitative estimate of drug-likeness (QED) is 0.736. The molecule has 0 fully saturated rings. The zero-order chi connectivity index (χ0) is 14.1. The molecule has 0 aliphatic rings. The highest BCUT2D eigenvalue weighted by Gasteiger charge is 2.14. The number of aromatic nitrogens is 4. The predicted molar refractivity (Wildman–Crippen MR) is 74.0 cm³/mol. The number of rotatable bonds is 2. The van der Waals surface area contributed by atoms with Crippen molar-refractivity contribution in [1.82, 2.24) is 20.2 Å². The normalized spacial score (nSPS) is 10.7. The van der Waals surface area contributed by atoms with E-state index < -0.39 is 5.82 Å². The summed E-state index contributed by atoms with van der Waals surface area (Å²) in [7, 11) is 0. The number of para-hydroxylation sites is 1. The van der Waals surface area contributed by atoms with Crippen LogP contribution in [0.15, 0.2) is 42.5 Å². The Hall–Kier alpha value is -2.47. The van der Waals surface area contributed by atoms with Gasteiger partial charge in [-0.1, -0.05) is 23.7 Å². The Labute approximate surface area is 118 Å². The number of nitrogen functional groups attached to an aromatic ring is 1. The molecule has 0 saturated heterocycles. The van der Waals surface area contributed by atoms with Gasteiger partial charge in [0.05, 0.1) is 16.4 Å². The average Bonchev–Trinajstić information content (AvgIpc) is 2.91. The van der Waals surface area contributed by atoms with E-state index in [0.717, 1.165) is 0 Å². The van der Waals surface area contributed by atoms with Crippen LogP contribution in [0.5, 0.6) is 0 Å². The highest BCUT2D eigenvalue weighted by Crippen LogP contribution is 2.25. The zero-order valence-electron chi connectivity index (χ0n) is 10.2. The van der Waals surface area contributed by atoms with Crippen LogP contribution in [0.4, 0.5) is 10.1 Å². The SMILES string of the molecule is Nc1ccc(-c2nnnn2-c2ccccc2Cl)cc1F. The Morgan fingerprint density at radius 3 is 2.70 bits per heavy atom. The Balaban J connectivity index is 2.15. The minimum Gasteiger partial charge on any atom is -0.396 e. The molecule has 1 heterocycles. The van der Waals surface area contributed by atoms with Gasteiger partial charge in [-0.15, -0.1) is 5.10 Å². The maximum absolute atomic E-state index is 13.6. The van der Waals surface area contributed by atoms with Crippen LogP contribution in [-0.4, -0.2) is 20.2 Å². The Morgan fingerprint density at radius 2 is 1.95 bits per heavy atom. The van der Waals surface area contributed by atoms with Gasteiger partial charge < -0.3 is 5.73 Å². The summed E-state index contributed by atoms with van der Waals surface area (Å²) < 4.78 is 15.0. The topological polar surface area (TPSA) is 69.6 Å². The van der Waals surface area contributed by atoms with Crippen LogP contribution in [0.25, 0.3) is 17.1 Å². The van der Waals surface area contributed by atoms with Gasteiger partial charge in [-0.05, 0) is 40.8 Å². The van der Waals surface area contributed by atoms with E-state index in [9.17, 15) is 4.39 Å². The summed E-state index contributed by atoms with van der Waals surface area (Å²) in [6.07, 6.45) is 0. The van der Waals surface area contributed by atoms with Crippen molar-refractivity contribution in [3.63, 3.8) is 0 Å². The molecule has 0 unspecified atom stereocenters. The van der Waals surface area contributed by atoms with Crippen LogP contribution in [0.3, 0.4) is 0 Å². The van der Waals surface area contributed by atoms with Gasteiger partial charge in [-0.25, -0.2) is 4.39 Å². The summed E-state index contributed by atoms with van der Waals surface area (Å²) in [6.45, 7) is 0. The minimum atomic E-state index is -0.517. The summed E-state index contributed by atoms with van der Waals surface area (Å²) in [6, 6.07) is 11.5. The third-order valence-corrected chi connectivity index (χ3v) is 3.13. The van der Waals surface area contributed by atoms with E-state index in [1.807, 2.05) is 6.07 Å². The lowest BCUT2D eigenvalue weighted by molar-refractivity contribution is 0.632. The number of tetrazole rings is 1. The number of hydrogen-bond acceptors (Lipinski definition) is 4. The second-order valence-electron chi connectivity index (χ2n) is 4.10. The maximum atomic E-state index is 13.6. The highest BCUT2D eigenvalue weighted by molar-refractivity contribution is 6.32. The van der Waals surface area contributed by atoms with Crippen molar-refractivity contribution in [2.75, 3.05) is 5.73 Å². The van der Waals surface area contributed by atoms with Crippen molar-refractivity contribution in [3.8, 4) is 17.1 Å². The van der Waals surface area contributed by atoms with Gasteiger partial charge in [0.25, 0.3) is 0 Å². The van der Waals surface area contributed by atoms with Crippen LogP contribution in [0.1, 0.15) is 0 Å². The van der Waals surface area contributed by atoms with Crippen LogP contribution < -0.4 is 5.73 Å². The number of halogens is 2. The van der Waals surface area contributed by atoms with Gasteiger partial charge in [-0.2, -0.15) is 4.68 Å². The summed E-state index contributed by atoms with van der Waals surface area (Å²) in [5.74, 6) is -0.131. The van der Waals surface area contributed by atoms with Gasteiger partial charge in [0.2, 0.25) is 0 Å². The molecule has 0 bridgehead atoms. The standard InChI is InChI=1S/C13H9ClFN5/c14-9-3-1-2-4-12(9)20-13(17-18-19-20)8-5-6-11(16)10(15)7-8/h1-7H,16H2. The summed E-state index contributed by atoms with van der Waals surface area (Å²) in [4.78, 5) is 0. The molecule has 0 saturated carbocycles.